The molecular weight excluding hydrogens is 316 g/mol. The van der Waals surface area contributed by atoms with Crippen molar-refractivity contribution in [2.45, 2.75) is 31.7 Å². The van der Waals surface area contributed by atoms with E-state index in [9.17, 15) is 4.79 Å². The number of amides is 1. The number of carbonyl (C=O) groups is 1. The summed E-state index contributed by atoms with van der Waals surface area (Å²) in [5, 5.41) is 3.03. The summed E-state index contributed by atoms with van der Waals surface area (Å²) in [6.45, 7) is 3.03. The van der Waals surface area contributed by atoms with E-state index in [1.807, 2.05) is 24.4 Å². The molecule has 1 amide bonds. The van der Waals surface area contributed by atoms with Gasteiger partial charge in [-0.15, -0.1) is 0 Å². The van der Waals surface area contributed by atoms with Gasteiger partial charge >= 0.3 is 0 Å². The Morgan fingerprint density at radius 2 is 1.92 bits per heavy atom. The van der Waals surface area contributed by atoms with Crippen molar-refractivity contribution in [3.05, 3.63) is 60.2 Å². The lowest BCUT2D eigenvalue weighted by molar-refractivity contribution is -0.128. The Morgan fingerprint density at radius 3 is 2.64 bits per heavy atom. The number of rotatable bonds is 5. The highest BCUT2D eigenvalue weighted by Crippen LogP contribution is 2.32. The summed E-state index contributed by atoms with van der Waals surface area (Å²) in [6.07, 6.45) is 8.11. The van der Waals surface area contributed by atoms with Crippen molar-refractivity contribution < 1.29 is 9.53 Å². The van der Waals surface area contributed by atoms with Crippen LogP contribution in [0.3, 0.4) is 0 Å². The lowest BCUT2D eigenvalue weighted by Gasteiger charge is -2.32. The molecule has 3 unspecified atom stereocenters. The van der Waals surface area contributed by atoms with E-state index in [1.165, 1.54) is 5.56 Å². The molecule has 6 heteroatoms. The van der Waals surface area contributed by atoms with Crippen molar-refractivity contribution in [2.24, 2.45) is 5.92 Å². The highest BCUT2D eigenvalue weighted by Gasteiger charge is 2.44. The predicted molar refractivity (Wildman–Crippen MR) is 92.4 cm³/mol. The third-order valence-electron chi connectivity index (χ3n) is 4.89. The minimum absolute atomic E-state index is 0.0238. The minimum Gasteiger partial charge on any atom is -0.371 e. The summed E-state index contributed by atoms with van der Waals surface area (Å²) in [5.41, 5.74) is 2.21. The Labute approximate surface area is 147 Å². The summed E-state index contributed by atoms with van der Waals surface area (Å²) in [4.78, 5) is 23.2. The van der Waals surface area contributed by atoms with Gasteiger partial charge in [-0.2, -0.15) is 0 Å². The van der Waals surface area contributed by atoms with Gasteiger partial charge in [0.1, 0.15) is 0 Å². The lowest BCUT2D eigenvalue weighted by Crippen LogP contribution is -2.44. The maximum atomic E-state index is 12.6. The molecule has 2 aliphatic rings. The number of hydrogen-bond donors (Lipinski definition) is 1. The van der Waals surface area contributed by atoms with Gasteiger partial charge in [0.15, 0.2) is 0 Å². The van der Waals surface area contributed by atoms with E-state index >= 15 is 0 Å². The number of ether oxygens (including phenoxy) is 1. The van der Waals surface area contributed by atoms with Crippen molar-refractivity contribution in [2.75, 3.05) is 13.1 Å². The molecule has 0 aliphatic carbocycles. The summed E-state index contributed by atoms with van der Waals surface area (Å²) in [7, 11) is 0. The topological polar surface area (TPSA) is 67.4 Å². The lowest BCUT2D eigenvalue weighted by atomic mass is 9.99. The van der Waals surface area contributed by atoms with Crippen molar-refractivity contribution in [3.63, 3.8) is 0 Å². The largest absolute Gasteiger partial charge is 0.371 e. The van der Waals surface area contributed by atoms with Gasteiger partial charge in [-0.3, -0.25) is 19.7 Å². The van der Waals surface area contributed by atoms with E-state index in [4.69, 9.17) is 4.74 Å². The van der Waals surface area contributed by atoms with Gasteiger partial charge in [-0.25, -0.2) is 0 Å². The molecule has 2 bridgehead atoms. The summed E-state index contributed by atoms with van der Waals surface area (Å²) >= 11 is 0. The number of morpholine rings is 1. The molecule has 2 aromatic heterocycles. The Balaban J connectivity index is 1.33. The number of carbonyl (C=O) groups excluding carboxylic acids is 1. The number of hydrogen-bond acceptors (Lipinski definition) is 5. The van der Waals surface area contributed by atoms with Crippen LogP contribution in [0.25, 0.3) is 0 Å². The van der Waals surface area contributed by atoms with Crippen molar-refractivity contribution in [1.29, 1.82) is 0 Å². The summed E-state index contributed by atoms with van der Waals surface area (Å²) < 4.78 is 6.02. The van der Waals surface area contributed by atoms with Gasteiger partial charge in [0.05, 0.1) is 18.1 Å². The number of pyridine rings is 2. The normalized spacial score (nSPS) is 25.7. The van der Waals surface area contributed by atoms with Crippen LogP contribution in [0.15, 0.2) is 49.1 Å². The fraction of sp³-hybridized carbons (Fsp3) is 0.421. The number of nitrogens with one attached hydrogen (secondary N) is 1. The third-order valence-corrected chi connectivity index (χ3v) is 4.89. The highest BCUT2D eigenvalue weighted by molar-refractivity contribution is 5.79. The first kappa shape index (κ1) is 16.2. The monoisotopic (exact) mass is 338 g/mol. The molecule has 0 spiro atoms. The molecule has 25 heavy (non-hydrogen) atoms. The highest BCUT2D eigenvalue weighted by atomic mass is 16.5. The number of aromatic nitrogens is 2. The first-order chi connectivity index (χ1) is 12.3. The van der Waals surface area contributed by atoms with Gasteiger partial charge in [-0.05, 0) is 29.7 Å². The molecule has 2 aliphatic heterocycles. The molecule has 3 atom stereocenters. The van der Waals surface area contributed by atoms with Crippen LogP contribution in [0.5, 0.6) is 0 Å². The van der Waals surface area contributed by atoms with Crippen molar-refractivity contribution in [1.82, 2.24) is 20.2 Å². The second kappa shape index (κ2) is 7.29. The zero-order chi connectivity index (χ0) is 17.1. The van der Waals surface area contributed by atoms with Gasteiger partial charge < -0.3 is 10.1 Å². The van der Waals surface area contributed by atoms with E-state index in [0.717, 1.165) is 31.6 Å². The smallest absolute Gasteiger partial charge is 0.226 e. The summed E-state index contributed by atoms with van der Waals surface area (Å²) in [6, 6.07) is 7.89. The predicted octanol–water partition coefficient (Wildman–Crippen LogP) is 1.38. The molecule has 4 heterocycles. The quantitative estimate of drug-likeness (QED) is 0.892. The minimum atomic E-state index is -0.0689. The first-order valence-corrected chi connectivity index (χ1v) is 8.71. The fourth-order valence-corrected chi connectivity index (χ4v) is 3.72. The Hall–Kier alpha value is -2.31. The van der Waals surface area contributed by atoms with E-state index in [0.29, 0.717) is 6.54 Å². The van der Waals surface area contributed by atoms with Gasteiger partial charge in [0, 0.05) is 51.0 Å². The van der Waals surface area contributed by atoms with Crippen LogP contribution in [0.2, 0.25) is 0 Å². The molecular formula is C19H22N4O2. The van der Waals surface area contributed by atoms with Crippen LogP contribution < -0.4 is 5.32 Å². The van der Waals surface area contributed by atoms with E-state index in [-0.39, 0.29) is 24.0 Å². The van der Waals surface area contributed by atoms with Gasteiger partial charge in [0.2, 0.25) is 5.91 Å². The molecule has 0 aromatic carbocycles. The second-order valence-corrected chi connectivity index (χ2v) is 6.77. The van der Waals surface area contributed by atoms with Crippen LogP contribution in [0, 0.1) is 5.92 Å². The second-order valence-electron chi connectivity index (χ2n) is 6.77. The zero-order valence-electron chi connectivity index (χ0n) is 14.0. The molecule has 1 N–H and O–H groups in total. The first-order valence-electron chi connectivity index (χ1n) is 8.71. The molecule has 4 rings (SSSR count). The Kier molecular flexibility index (Phi) is 4.72. The average molecular weight is 338 g/mol. The van der Waals surface area contributed by atoms with E-state index in [2.05, 4.69) is 26.3 Å². The summed E-state index contributed by atoms with van der Waals surface area (Å²) in [5.74, 6) is 0.0140. The molecule has 2 fully saturated rings. The van der Waals surface area contributed by atoms with Gasteiger partial charge in [-0.1, -0.05) is 12.1 Å². The fourth-order valence-electron chi connectivity index (χ4n) is 3.72. The third kappa shape index (κ3) is 3.86. The standard InChI is InChI=1S/C19H22N4O2/c24-19(22-10-14-3-1-5-20-8-14)17-7-16-12-23(13-18(17)25-16)11-15-4-2-6-21-9-15/h1-6,8-9,16-18H,7,10-13H2,(H,22,24). The number of fused-ring (bicyclic) bond motifs is 2. The maximum absolute atomic E-state index is 12.6. The average Bonchev–Trinajstić information content (AvgIpc) is 2.96. The Bertz CT molecular complexity index is 710. The van der Waals surface area contributed by atoms with Crippen molar-refractivity contribution >= 4 is 5.91 Å². The number of likely N-dealkylation sites (tertiary alicyclic amines) is 1. The zero-order valence-corrected chi connectivity index (χ0v) is 14.0. The molecule has 2 saturated heterocycles. The van der Waals surface area contributed by atoms with E-state index < -0.39 is 0 Å². The number of nitrogens with zero attached hydrogens (tertiary/aromatic N) is 3. The van der Waals surface area contributed by atoms with Crippen molar-refractivity contribution in [3.8, 4) is 0 Å². The molecule has 130 valence electrons. The molecule has 0 radical (unpaired) electrons. The van der Waals surface area contributed by atoms with Crippen LogP contribution in [0.4, 0.5) is 0 Å². The van der Waals surface area contributed by atoms with E-state index in [1.54, 1.807) is 18.6 Å². The van der Waals surface area contributed by atoms with Crippen LogP contribution in [0.1, 0.15) is 17.5 Å². The molecule has 6 nitrogen and oxygen atoms in total. The van der Waals surface area contributed by atoms with Crippen LogP contribution in [-0.4, -0.2) is 46.1 Å². The van der Waals surface area contributed by atoms with Crippen LogP contribution >= 0.6 is 0 Å². The SMILES string of the molecule is O=C(NCc1cccnc1)C1CC2CN(Cc3cccnc3)CC1O2. The maximum Gasteiger partial charge on any atom is 0.226 e. The molecule has 0 saturated carbocycles. The van der Waals surface area contributed by atoms with Crippen LogP contribution in [-0.2, 0) is 22.6 Å². The van der Waals surface area contributed by atoms with Gasteiger partial charge in [0.25, 0.3) is 0 Å². The molecule has 2 aromatic rings. The Morgan fingerprint density at radius 1 is 1.16 bits per heavy atom.